The highest BCUT2D eigenvalue weighted by Gasteiger charge is 2.20. The zero-order valence-corrected chi connectivity index (χ0v) is 10.2. The lowest BCUT2D eigenvalue weighted by molar-refractivity contribution is -0.389. The Hall–Kier alpha value is -2.28. The molecule has 0 saturated carbocycles. The molecule has 98 valence electrons. The molecule has 0 radical (unpaired) electrons. The van der Waals surface area contributed by atoms with E-state index in [0.29, 0.717) is 0 Å². The van der Waals surface area contributed by atoms with Gasteiger partial charge in [-0.2, -0.15) is 4.68 Å². The third-order valence-electron chi connectivity index (χ3n) is 2.34. The number of ketones is 1. The Kier molecular flexibility index (Phi) is 3.57. The van der Waals surface area contributed by atoms with Crippen LogP contribution in [0.15, 0.2) is 30.5 Å². The van der Waals surface area contributed by atoms with E-state index in [1.165, 1.54) is 18.3 Å². The topological polar surface area (TPSA) is 78.0 Å². The fourth-order valence-corrected chi connectivity index (χ4v) is 1.69. The van der Waals surface area contributed by atoms with Gasteiger partial charge in [-0.1, -0.05) is 11.6 Å². The van der Waals surface area contributed by atoms with Crippen molar-refractivity contribution in [1.29, 1.82) is 0 Å². The second-order valence-corrected chi connectivity index (χ2v) is 4.09. The zero-order valence-electron chi connectivity index (χ0n) is 9.42. The molecule has 0 saturated heterocycles. The lowest BCUT2D eigenvalue weighted by Crippen LogP contribution is -2.11. The number of aromatic nitrogens is 2. The summed E-state index contributed by atoms with van der Waals surface area (Å²) >= 11 is 5.60. The standard InChI is InChI=1S/C11H7ClFN3O3/c12-9-5-15(14-11(9)16(18)19)6-10(17)7-1-3-8(13)4-2-7/h1-5H,6H2. The van der Waals surface area contributed by atoms with Crippen molar-refractivity contribution in [3.8, 4) is 0 Å². The molecule has 1 heterocycles. The van der Waals surface area contributed by atoms with Gasteiger partial charge in [0, 0.05) is 5.56 Å². The summed E-state index contributed by atoms with van der Waals surface area (Å²) in [4.78, 5) is 21.6. The van der Waals surface area contributed by atoms with Crippen LogP contribution in [0.1, 0.15) is 10.4 Å². The smallest absolute Gasteiger partial charge is 0.358 e. The maximum absolute atomic E-state index is 12.7. The highest BCUT2D eigenvalue weighted by Crippen LogP contribution is 2.21. The number of rotatable bonds is 4. The largest absolute Gasteiger partial charge is 0.408 e. The molecule has 0 aliphatic heterocycles. The van der Waals surface area contributed by atoms with Crippen molar-refractivity contribution < 1.29 is 14.1 Å². The van der Waals surface area contributed by atoms with Gasteiger partial charge < -0.3 is 10.1 Å². The van der Waals surface area contributed by atoms with Crippen LogP contribution in [0.4, 0.5) is 10.2 Å². The van der Waals surface area contributed by atoms with Crippen LogP contribution in [-0.2, 0) is 6.54 Å². The maximum Gasteiger partial charge on any atom is 0.408 e. The molecule has 8 heteroatoms. The number of hydrogen-bond donors (Lipinski definition) is 0. The molecule has 0 spiro atoms. The Bertz CT molecular complexity index is 639. The van der Waals surface area contributed by atoms with E-state index >= 15 is 0 Å². The van der Waals surface area contributed by atoms with Gasteiger partial charge in [0.1, 0.15) is 12.4 Å². The lowest BCUT2D eigenvalue weighted by atomic mass is 10.1. The summed E-state index contributed by atoms with van der Waals surface area (Å²) in [5.74, 6) is -1.31. The van der Waals surface area contributed by atoms with Crippen LogP contribution in [0.5, 0.6) is 0 Å². The van der Waals surface area contributed by atoms with Crippen molar-refractivity contribution in [2.75, 3.05) is 0 Å². The quantitative estimate of drug-likeness (QED) is 0.490. The molecule has 1 aromatic heterocycles. The summed E-state index contributed by atoms with van der Waals surface area (Å²) in [5, 5.41) is 14.0. The van der Waals surface area contributed by atoms with E-state index in [4.69, 9.17) is 11.6 Å². The molecule has 0 N–H and O–H groups in total. The van der Waals surface area contributed by atoms with Gasteiger partial charge in [-0.05, 0) is 29.2 Å². The first kappa shape index (κ1) is 13.2. The van der Waals surface area contributed by atoms with Crippen LogP contribution in [0.2, 0.25) is 5.02 Å². The average molecular weight is 284 g/mol. The fraction of sp³-hybridized carbons (Fsp3) is 0.0909. The molecule has 0 aliphatic carbocycles. The summed E-state index contributed by atoms with van der Waals surface area (Å²) in [6.07, 6.45) is 1.20. The van der Waals surface area contributed by atoms with Gasteiger partial charge in [0.05, 0.1) is 11.3 Å². The Morgan fingerprint density at radius 2 is 2.05 bits per heavy atom. The predicted octanol–water partition coefficient (Wildman–Crippen LogP) is 2.47. The van der Waals surface area contributed by atoms with Crippen molar-refractivity contribution in [1.82, 2.24) is 9.78 Å². The van der Waals surface area contributed by atoms with Crippen LogP contribution in [0, 0.1) is 15.9 Å². The highest BCUT2D eigenvalue weighted by molar-refractivity contribution is 6.32. The minimum Gasteiger partial charge on any atom is -0.358 e. The molecule has 0 aliphatic rings. The minimum absolute atomic E-state index is 0.142. The van der Waals surface area contributed by atoms with Crippen LogP contribution < -0.4 is 0 Å². The van der Waals surface area contributed by atoms with Crippen LogP contribution in [-0.4, -0.2) is 20.5 Å². The SMILES string of the molecule is O=C(Cn1cc(Cl)c([N+](=O)[O-])n1)c1ccc(F)cc1. The highest BCUT2D eigenvalue weighted by atomic mass is 35.5. The van der Waals surface area contributed by atoms with Crippen molar-refractivity contribution in [3.05, 3.63) is 57.0 Å². The molecule has 0 fully saturated rings. The summed E-state index contributed by atoms with van der Waals surface area (Å²) in [6.45, 7) is -0.209. The number of halogens is 2. The number of Topliss-reactive ketones (excluding diaryl/α,β-unsaturated/α-hetero) is 1. The van der Waals surface area contributed by atoms with Gasteiger partial charge in [0.25, 0.3) is 0 Å². The monoisotopic (exact) mass is 283 g/mol. The molecule has 0 atom stereocenters. The average Bonchev–Trinajstić information content (AvgIpc) is 2.71. The van der Waals surface area contributed by atoms with E-state index in [2.05, 4.69) is 5.10 Å². The van der Waals surface area contributed by atoms with Gasteiger partial charge >= 0.3 is 5.82 Å². The van der Waals surface area contributed by atoms with E-state index in [9.17, 15) is 19.3 Å². The van der Waals surface area contributed by atoms with Gasteiger partial charge in [0.2, 0.25) is 0 Å². The summed E-state index contributed by atoms with van der Waals surface area (Å²) in [5.41, 5.74) is 0.288. The summed E-state index contributed by atoms with van der Waals surface area (Å²) in [7, 11) is 0. The second-order valence-electron chi connectivity index (χ2n) is 3.69. The van der Waals surface area contributed by atoms with Crippen molar-refractivity contribution in [2.45, 2.75) is 6.54 Å². The van der Waals surface area contributed by atoms with E-state index in [0.717, 1.165) is 16.8 Å². The van der Waals surface area contributed by atoms with Crippen molar-refractivity contribution in [3.63, 3.8) is 0 Å². The minimum atomic E-state index is -0.735. The molecule has 19 heavy (non-hydrogen) atoms. The van der Waals surface area contributed by atoms with E-state index in [1.807, 2.05) is 0 Å². The van der Waals surface area contributed by atoms with Crippen LogP contribution in [0.3, 0.4) is 0 Å². The van der Waals surface area contributed by atoms with Crippen molar-refractivity contribution in [2.24, 2.45) is 0 Å². The van der Waals surface area contributed by atoms with E-state index in [1.54, 1.807) is 0 Å². The molecule has 0 bridgehead atoms. The fourth-order valence-electron chi connectivity index (χ4n) is 1.47. The van der Waals surface area contributed by atoms with Gasteiger partial charge in [-0.15, -0.1) is 0 Å². The Morgan fingerprint density at radius 3 is 2.58 bits per heavy atom. The van der Waals surface area contributed by atoms with E-state index in [-0.39, 0.29) is 22.9 Å². The third-order valence-corrected chi connectivity index (χ3v) is 2.61. The predicted molar refractivity (Wildman–Crippen MR) is 64.6 cm³/mol. The molecule has 2 aromatic rings. The summed E-state index contributed by atoms with van der Waals surface area (Å²) < 4.78 is 13.8. The van der Waals surface area contributed by atoms with Crippen LogP contribution >= 0.6 is 11.6 Å². The third kappa shape index (κ3) is 2.94. The Balaban J connectivity index is 2.17. The zero-order chi connectivity index (χ0) is 14.0. The summed E-state index contributed by atoms with van der Waals surface area (Å²) in [6, 6.07) is 4.98. The normalized spacial score (nSPS) is 10.4. The molecule has 1 aromatic carbocycles. The van der Waals surface area contributed by atoms with Gasteiger partial charge in [0.15, 0.2) is 10.8 Å². The molecule has 2 rings (SSSR count). The van der Waals surface area contributed by atoms with Crippen LogP contribution in [0.25, 0.3) is 0 Å². The molecule has 6 nitrogen and oxygen atoms in total. The number of nitro groups is 1. The maximum atomic E-state index is 12.7. The Labute approximate surface area is 111 Å². The molecular formula is C11H7ClFN3O3. The van der Waals surface area contributed by atoms with Crippen molar-refractivity contribution >= 4 is 23.2 Å². The van der Waals surface area contributed by atoms with E-state index < -0.39 is 16.6 Å². The number of nitrogens with zero attached hydrogens (tertiary/aromatic N) is 3. The first-order valence-corrected chi connectivity index (χ1v) is 5.51. The van der Waals surface area contributed by atoms with Gasteiger partial charge in [-0.25, -0.2) is 4.39 Å². The van der Waals surface area contributed by atoms with Gasteiger partial charge in [-0.3, -0.25) is 4.79 Å². The molecule has 0 unspecified atom stereocenters. The first-order valence-electron chi connectivity index (χ1n) is 5.13. The Morgan fingerprint density at radius 1 is 1.42 bits per heavy atom. The number of hydrogen-bond acceptors (Lipinski definition) is 4. The lowest BCUT2D eigenvalue weighted by Gasteiger charge is -1.98. The number of carbonyl (C=O) groups excluding carboxylic acids is 1. The number of benzene rings is 1. The first-order chi connectivity index (χ1) is 8.97. The number of carbonyl (C=O) groups is 1. The molecular weight excluding hydrogens is 277 g/mol. The second kappa shape index (κ2) is 5.15. The molecule has 0 amide bonds.